The Morgan fingerprint density at radius 2 is 2.05 bits per heavy atom. The molecule has 3 heteroatoms. The van der Waals surface area contributed by atoms with Crippen LogP contribution >= 0.6 is 15.9 Å². The average molecular weight is 342 g/mol. The van der Waals surface area contributed by atoms with Crippen LogP contribution in [0.1, 0.15) is 57.6 Å². The maximum Gasteiger partial charge on any atom is 0.137 e. The Morgan fingerprint density at radius 1 is 1.30 bits per heavy atom. The monoisotopic (exact) mass is 341 g/mol. The van der Waals surface area contributed by atoms with Crippen LogP contribution in [0.3, 0.4) is 0 Å². The average Bonchev–Trinajstić information content (AvgIpc) is 2.48. The molecule has 1 aliphatic carbocycles. The first kappa shape index (κ1) is 16.0. The molecule has 3 unspecified atom stereocenters. The van der Waals surface area contributed by atoms with E-state index in [0.29, 0.717) is 10.4 Å². The van der Waals surface area contributed by atoms with E-state index in [-0.39, 0.29) is 11.9 Å². The van der Waals surface area contributed by atoms with E-state index in [4.69, 9.17) is 0 Å². The summed E-state index contributed by atoms with van der Waals surface area (Å²) in [6.45, 7) is 5.34. The van der Waals surface area contributed by atoms with Gasteiger partial charge in [-0.3, -0.25) is 0 Å². The zero-order chi connectivity index (χ0) is 14.5. The first-order valence-corrected chi connectivity index (χ1v) is 8.65. The highest BCUT2D eigenvalue weighted by Gasteiger charge is 2.31. The minimum Gasteiger partial charge on any atom is -0.310 e. The molecule has 2 rings (SSSR count). The van der Waals surface area contributed by atoms with Crippen LogP contribution in [0.4, 0.5) is 4.39 Å². The third-order valence-corrected chi connectivity index (χ3v) is 5.29. The molecule has 3 atom stereocenters. The van der Waals surface area contributed by atoms with E-state index in [1.807, 2.05) is 6.07 Å². The Morgan fingerprint density at radius 3 is 2.70 bits per heavy atom. The van der Waals surface area contributed by atoms with Gasteiger partial charge in [0.1, 0.15) is 5.82 Å². The maximum atomic E-state index is 13.9. The number of benzene rings is 1. The number of hydrogen-bond acceptors (Lipinski definition) is 1. The zero-order valence-corrected chi connectivity index (χ0v) is 14.0. The topological polar surface area (TPSA) is 12.0 Å². The fourth-order valence-electron chi connectivity index (χ4n) is 3.62. The summed E-state index contributed by atoms with van der Waals surface area (Å²) < 4.78 is 14.4. The van der Waals surface area contributed by atoms with Crippen LogP contribution in [-0.4, -0.2) is 6.54 Å². The smallest absolute Gasteiger partial charge is 0.137 e. The van der Waals surface area contributed by atoms with Crippen molar-refractivity contribution in [3.05, 3.63) is 34.1 Å². The summed E-state index contributed by atoms with van der Waals surface area (Å²) in [5.41, 5.74) is 1.10. The van der Waals surface area contributed by atoms with Gasteiger partial charge in [0.2, 0.25) is 0 Å². The van der Waals surface area contributed by atoms with Crippen LogP contribution < -0.4 is 5.32 Å². The predicted molar refractivity (Wildman–Crippen MR) is 86.3 cm³/mol. The highest BCUT2D eigenvalue weighted by atomic mass is 79.9. The summed E-state index contributed by atoms with van der Waals surface area (Å²) in [5.74, 6) is 1.24. The highest BCUT2D eigenvalue weighted by molar-refractivity contribution is 9.10. The Kier molecular flexibility index (Phi) is 6.03. The van der Waals surface area contributed by atoms with Crippen molar-refractivity contribution in [1.82, 2.24) is 5.32 Å². The van der Waals surface area contributed by atoms with Gasteiger partial charge in [-0.2, -0.15) is 0 Å². The highest BCUT2D eigenvalue weighted by Crippen LogP contribution is 2.40. The largest absolute Gasteiger partial charge is 0.310 e. The third kappa shape index (κ3) is 3.62. The molecule has 1 aromatic rings. The van der Waals surface area contributed by atoms with Gasteiger partial charge in [-0.15, -0.1) is 0 Å². The summed E-state index contributed by atoms with van der Waals surface area (Å²) >= 11 is 3.24. The van der Waals surface area contributed by atoms with Crippen LogP contribution in [0.5, 0.6) is 0 Å². The predicted octanol–water partition coefficient (Wildman–Crippen LogP) is 5.46. The van der Waals surface area contributed by atoms with Gasteiger partial charge in [0, 0.05) is 6.04 Å². The van der Waals surface area contributed by atoms with Gasteiger partial charge in [0.25, 0.3) is 0 Å². The summed E-state index contributed by atoms with van der Waals surface area (Å²) in [5, 5.41) is 3.60. The number of rotatable bonds is 5. The van der Waals surface area contributed by atoms with Crippen LogP contribution in [0.25, 0.3) is 0 Å². The number of halogens is 2. The molecule has 1 nitrogen and oxygen atoms in total. The lowest BCUT2D eigenvalue weighted by molar-refractivity contribution is 0.176. The van der Waals surface area contributed by atoms with E-state index in [9.17, 15) is 4.39 Å². The molecular weight excluding hydrogens is 317 g/mol. The van der Waals surface area contributed by atoms with Gasteiger partial charge < -0.3 is 5.32 Å². The van der Waals surface area contributed by atoms with E-state index >= 15 is 0 Å². The van der Waals surface area contributed by atoms with Crippen molar-refractivity contribution in [3.63, 3.8) is 0 Å². The van der Waals surface area contributed by atoms with Crippen LogP contribution in [0.15, 0.2) is 22.7 Å². The third-order valence-electron chi connectivity index (χ3n) is 4.65. The van der Waals surface area contributed by atoms with E-state index in [2.05, 4.69) is 41.2 Å². The second-order valence-corrected chi connectivity index (χ2v) is 6.68. The molecule has 0 saturated heterocycles. The van der Waals surface area contributed by atoms with Crippen molar-refractivity contribution in [1.29, 1.82) is 0 Å². The fraction of sp³-hybridized carbons (Fsp3) is 0.647. The zero-order valence-electron chi connectivity index (χ0n) is 12.5. The molecule has 0 radical (unpaired) electrons. The van der Waals surface area contributed by atoms with Gasteiger partial charge in [0.05, 0.1) is 4.47 Å². The van der Waals surface area contributed by atoms with Crippen molar-refractivity contribution in [3.8, 4) is 0 Å². The minimum atomic E-state index is -0.158. The van der Waals surface area contributed by atoms with Gasteiger partial charge in [-0.05, 0) is 58.4 Å². The molecule has 0 aromatic heterocycles. The Hall–Kier alpha value is -0.410. The molecule has 1 aromatic carbocycles. The summed E-state index contributed by atoms with van der Waals surface area (Å²) in [4.78, 5) is 0. The quantitative estimate of drug-likeness (QED) is 0.750. The lowest BCUT2D eigenvalue weighted by Gasteiger charge is -2.37. The molecule has 0 heterocycles. The van der Waals surface area contributed by atoms with Crippen molar-refractivity contribution < 1.29 is 4.39 Å². The van der Waals surface area contributed by atoms with Crippen molar-refractivity contribution in [2.75, 3.05) is 6.54 Å². The summed E-state index contributed by atoms with van der Waals surface area (Å²) in [6, 6.07) is 5.87. The molecule has 0 aliphatic heterocycles. The van der Waals surface area contributed by atoms with E-state index in [1.165, 1.54) is 32.1 Å². The van der Waals surface area contributed by atoms with E-state index in [0.717, 1.165) is 18.0 Å². The Balaban J connectivity index is 2.26. The maximum absolute atomic E-state index is 13.9. The molecule has 0 bridgehead atoms. The molecule has 1 aliphatic rings. The first-order chi connectivity index (χ1) is 9.67. The Labute approximate surface area is 130 Å². The van der Waals surface area contributed by atoms with Crippen molar-refractivity contribution in [2.24, 2.45) is 11.8 Å². The molecule has 1 N–H and O–H groups in total. The molecule has 1 fully saturated rings. The molecule has 112 valence electrons. The van der Waals surface area contributed by atoms with Gasteiger partial charge in [-0.1, -0.05) is 45.6 Å². The molecule has 1 saturated carbocycles. The van der Waals surface area contributed by atoms with Gasteiger partial charge in [0.15, 0.2) is 0 Å². The van der Waals surface area contributed by atoms with E-state index < -0.39 is 0 Å². The Bertz CT molecular complexity index is 435. The second kappa shape index (κ2) is 7.56. The SMILES string of the molecule is CCNC(c1ccc(Br)c(F)c1)C1CCCCC1CC. The molecule has 20 heavy (non-hydrogen) atoms. The minimum absolute atomic E-state index is 0.158. The number of hydrogen-bond donors (Lipinski definition) is 1. The fourth-order valence-corrected chi connectivity index (χ4v) is 3.87. The molecule has 0 amide bonds. The number of nitrogens with one attached hydrogen (secondary N) is 1. The standard InChI is InChI=1S/C17H25BrFN/c1-3-12-7-5-6-8-14(12)17(20-4-2)13-9-10-15(18)16(19)11-13/h9-12,14,17,20H,3-8H2,1-2H3. The van der Waals surface area contributed by atoms with Crippen molar-refractivity contribution in [2.45, 2.75) is 52.0 Å². The normalized spacial score (nSPS) is 24.6. The van der Waals surface area contributed by atoms with Crippen LogP contribution in [-0.2, 0) is 0 Å². The summed E-state index contributed by atoms with van der Waals surface area (Å²) in [6.07, 6.45) is 6.46. The van der Waals surface area contributed by atoms with Crippen LogP contribution in [0, 0.1) is 17.7 Å². The van der Waals surface area contributed by atoms with Gasteiger partial charge in [-0.25, -0.2) is 4.39 Å². The van der Waals surface area contributed by atoms with Gasteiger partial charge >= 0.3 is 0 Å². The lowest BCUT2D eigenvalue weighted by atomic mass is 9.72. The molecular formula is C17H25BrFN. The lowest BCUT2D eigenvalue weighted by Crippen LogP contribution is -2.34. The van der Waals surface area contributed by atoms with E-state index in [1.54, 1.807) is 6.07 Å². The second-order valence-electron chi connectivity index (χ2n) is 5.83. The summed E-state index contributed by atoms with van der Waals surface area (Å²) in [7, 11) is 0. The molecule has 0 spiro atoms. The van der Waals surface area contributed by atoms with Crippen LogP contribution in [0.2, 0.25) is 0 Å². The first-order valence-electron chi connectivity index (χ1n) is 7.85. The van der Waals surface area contributed by atoms with Crippen molar-refractivity contribution >= 4 is 15.9 Å².